The lowest BCUT2D eigenvalue weighted by Gasteiger charge is -2.15. The molecule has 1 atom stereocenters. The van der Waals surface area contributed by atoms with Crippen LogP contribution in [0, 0.1) is 21.8 Å². The molecule has 104 valence electrons. The van der Waals surface area contributed by atoms with Gasteiger partial charge in [-0.2, -0.15) is 0 Å². The Morgan fingerprint density at radius 2 is 2.11 bits per heavy atom. The molecule has 1 N–H and O–H groups in total. The highest BCUT2D eigenvalue weighted by Crippen LogP contribution is 2.37. The second kappa shape index (κ2) is 6.33. The molecular weight excluding hydrogens is 341 g/mol. The number of carboxylic acids is 1. The van der Waals surface area contributed by atoms with Crippen LogP contribution >= 0.6 is 27.7 Å². The van der Waals surface area contributed by atoms with Crippen molar-refractivity contribution in [2.45, 2.75) is 24.0 Å². The lowest BCUT2D eigenvalue weighted by atomic mass is 10.1. The molecule has 1 rings (SSSR count). The van der Waals surface area contributed by atoms with Gasteiger partial charge >= 0.3 is 5.97 Å². The molecule has 0 heterocycles. The van der Waals surface area contributed by atoms with Crippen molar-refractivity contribution in [1.82, 2.24) is 0 Å². The fourth-order valence-corrected chi connectivity index (χ4v) is 2.95. The third-order valence-electron chi connectivity index (χ3n) is 2.30. The van der Waals surface area contributed by atoms with Gasteiger partial charge in [-0.1, -0.05) is 13.8 Å². The summed E-state index contributed by atoms with van der Waals surface area (Å²) in [5, 5.41) is 19.1. The maximum Gasteiger partial charge on any atom is 0.317 e. The highest BCUT2D eigenvalue weighted by Gasteiger charge is 2.27. The summed E-state index contributed by atoms with van der Waals surface area (Å²) < 4.78 is 13.4. The number of thioether (sulfide) groups is 1. The first-order valence-corrected chi connectivity index (χ1v) is 6.94. The third kappa shape index (κ3) is 3.90. The molecule has 0 aliphatic carbocycles. The van der Waals surface area contributed by atoms with Crippen LogP contribution in [-0.2, 0) is 4.79 Å². The van der Waals surface area contributed by atoms with Crippen LogP contribution in [0.5, 0.6) is 0 Å². The summed E-state index contributed by atoms with van der Waals surface area (Å²) in [5.74, 6) is -2.03. The number of hydrogen-bond acceptors (Lipinski definition) is 4. The van der Waals surface area contributed by atoms with Crippen molar-refractivity contribution in [3.63, 3.8) is 0 Å². The van der Waals surface area contributed by atoms with Gasteiger partial charge in [0, 0.05) is 0 Å². The first kappa shape index (κ1) is 15.9. The predicted molar refractivity (Wildman–Crippen MR) is 72.9 cm³/mol. The zero-order chi connectivity index (χ0) is 14.7. The zero-order valence-electron chi connectivity index (χ0n) is 10.1. The quantitative estimate of drug-likeness (QED) is 0.497. The van der Waals surface area contributed by atoms with E-state index in [0.717, 1.165) is 17.8 Å². The Labute approximate surface area is 121 Å². The minimum absolute atomic E-state index is 0.0634. The molecule has 5 nitrogen and oxygen atoms in total. The molecule has 0 fully saturated rings. The number of carboxylic acid groups (broad SMARTS) is 1. The molecule has 1 unspecified atom stereocenters. The minimum Gasteiger partial charge on any atom is -0.480 e. The number of rotatable bonds is 5. The predicted octanol–water partition coefficient (Wildman–Crippen LogP) is 3.70. The molecular formula is C11H11BrFNO4S. The second-order valence-corrected chi connectivity index (χ2v) is 6.15. The van der Waals surface area contributed by atoms with Gasteiger partial charge in [0.2, 0.25) is 0 Å². The monoisotopic (exact) mass is 351 g/mol. The molecule has 1 aromatic rings. The molecule has 8 heteroatoms. The molecule has 0 bridgehead atoms. The van der Waals surface area contributed by atoms with Crippen LogP contribution in [0.2, 0.25) is 0 Å². The number of nitro benzene ring substituents is 1. The van der Waals surface area contributed by atoms with E-state index in [2.05, 4.69) is 15.9 Å². The molecule has 0 saturated carbocycles. The average Bonchev–Trinajstić information content (AvgIpc) is 2.28. The van der Waals surface area contributed by atoms with E-state index in [9.17, 15) is 19.3 Å². The van der Waals surface area contributed by atoms with Crippen molar-refractivity contribution in [2.75, 3.05) is 0 Å². The van der Waals surface area contributed by atoms with Gasteiger partial charge in [-0.05, 0) is 27.9 Å². The van der Waals surface area contributed by atoms with Crippen LogP contribution in [-0.4, -0.2) is 21.2 Å². The Morgan fingerprint density at radius 1 is 1.53 bits per heavy atom. The highest BCUT2D eigenvalue weighted by molar-refractivity contribution is 9.10. The number of carbonyl (C=O) groups is 1. The normalized spacial score (nSPS) is 12.5. The summed E-state index contributed by atoms with van der Waals surface area (Å²) in [6.45, 7) is 3.41. The summed E-state index contributed by atoms with van der Waals surface area (Å²) in [6.07, 6.45) is 0. The number of aliphatic carboxylic acids is 1. The van der Waals surface area contributed by atoms with E-state index in [1.54, 1.807) is 13.8 Å². The second-order valence-electron chi connectivity index (χ2n) is 4.11. The first-order chi connectivity index (χ1) is 8.73. The van der Waals surface area contributed by atoms with Crippen molar-refractivity contribution in [3.05, 3.63) is 32.5 Å². The fraction of sp³-hybridized carbons (Fsp3) is 0.364. The van der Waals surface area contributed by atoms with E-state index in [1.165, 1.54) is 6.07 Å². The molecule has 0 aliphatic heterocycles. The van der Waals surface area contributed by atoms with Gasteiger partial charge in [0.05, 0.1) is 20.4 Å². The van der Waals surface area contributed by atoms with Crippen molar-refractivity contribution in [1.29, 1.82) is 0 Å². The Hall–Kier alpha value is -1.15. The van der Waals surface area contributed by atoms with Gasteiger partial charge in [0.25, 0.3) is 5.69 Å². The van der Waals surface area contributed by atoms with E-state index in [-0.39, 0.29) is 15.3 Å². The van der Waals surface area contributed by atoms with Crippen LogP contribution in [0.15, 0.2) is 21.5 Å². The van der Waals surface area contributed by atoms with E-state index >= 15 is 0 Å². The van der Waals surface area contributed by atoms with Crippen LogP contribution in [0.25, 0.3) is 0 Å². The molecule has 0 spiro atoms. The number of benzene rings is 1. The summed E-state index contributed by atoms with van der Waals surface area (Å²) in [5.41, 5.74) is -0.433. The number of hydrogen-bond donors (Lipinski definition) is 1. The number of nitro groups is 1. The van der Waals surface area contributed by atoms with Gasteiger partial charge in [0.15, 0.2) is 0 Å². The van der Waals surface area contributed by atoms with Crippen molar-refractivity contribution in [2.24, 2.45) is 5.92 Å². The van der Waals surface area contributed by atoms with Crippen LogP contribution < -0.4 is 0 Å². The summed E-state index contributed by atoms with van der Waals surface area (Å²) in [4.78, 5) is 21.4. The average molecular weight is 352 g/mol. The Morgan fingerprint density at radius 3 is 2.53 bits per heavy atom. The van der Waals surface area contributed by atoms with Crippen LogP contribution in [0.1, 0.15) is 13.8 Å². The molecule has 0 aromatic heterocycles. The van der Waals surface area contributed by atoms with Crippen molar-refractivity contribution < 1.29 is 19.2 Å². The topological polar surface area (TPSA) is 80.4 Å². The van der Waals surface area contributed by atoms with Gasteiger partial charge < -0.3 is 5.11 Å². The first-order valence-electron chi connectivity index (χ1n) is 5.27. The summed E-state index contributed by atoms with van der Waals surface area (Å²) >= 11 is 3.78. The van der Waals surface area contributed by atoms with Crippen LogP contribution in [0.3, 0.4) is 0 Å². The Kier molecular flexibility index (Phi) is 5.30. The van der Waals surface area contributed by atoms with Crippen molar-refractivity contribution >= 4 is 39.3 Å². The third-order valence-corrected chi connectivity index (χ3v) is 4.49. The van der Waals surface area contributed by atoms with Gasteiger partial charge in [0.1, 0.15) is 11.1 Å². The highest BCUT2D eigenvalue weighted by atomic mass is 79.9. The molecule has 0 saturated heterocycles. The van der Waals surface area contributed by atoms with E-state index in [0.29, 0.717) is 0 Å². The maximum atomic E-state index is 13.3. The van der Waals surface area contributed by atoms with Gasteiger partial charge in [-0.15, -0.1) is 11.8 Å². The lowest BCUT2D eigenvalue weighted by molar-refractivity contribution is -0.387. The largest absolute Gasteiger partial charge is 0.480 e. The van der Waals surface area contributed by atoms with E-state index in [1.807, 2.05) is 0 Å². The van der Waals surface area contributed by atoms with Gasteiger partial charge in [-0.25, -0.2) is 4.39 Å². The molecule has 0 aliphatic rings. The standard InChI is InChI=1S/C11H11BrFNO4S/c1-5(2)10(11(15)16)19-9-3-6(12)7(13)4-8(9)14(17)18/h3-5,10H,1-2H3,(H,15,16). The molecule has 19 heavy (non-hydrogen) atoms. The summed E-state index contributed by atoms with van der Waals surface area (Å²) in [6, 6.07) is 2.02. The fourth-order valence-electron chi connectivity index (χ4n) is 1.36. The Balaban J connectivity index is 3.22. The molecule has 0 amide bonds. The van der Waals surface area contributed by atoms with E-state index in [4.69, 9.17) is 5.11 Å². The van der Waals surface area contributed by atoms with E-state index < -0.39 is 27.6 Å². The lowest BCUT2D eigenvalue weighted by Crippen LogP contribution is -2.22. The zero-order valence-corrected chi connectivity index (χ0v) is 12.5. The maximum absolute atomic E-state index is 13.3. The van der Waals surface area contributed by atoms with Crippen LogP contribution in [0.4, 0.5) is 10.1 Å². The molecule has 1 aromatic carbocycles. The molecule has 0 radical (unpaired) electrons. The number of halogens is 2. The number of nitrogens with zero attached hydrogens (tertiary/aromatic N) is 1. The summed E-state index contributed by atoms with van der Waals surface area (Å²) in [7, 11) is 0. The minimum atomic E-state index is -1.06. The SMILES string of the molecule is CC(C)C(Sc1cc(Br)c(F)cc1[N+](=O)[O-])C(=O)O. The van der Waals surface area contributed by atoms with Gasteiger partial charge in [-0.3, -0.25) is 14.9 Å². The van der Waals surface area contributed by atoms with Crippen molar-refractivity contribution in [3.8, 4) is 0 Å². The smallest absolute Gasteiger partial charge is 0.317 e. The Bertz CT molecular complexity index is 524.